The van der Waals surface area contributed by atoms with Gasteiger partial charge >= 0.3 is 5.97 Å². The molecule has 0 amide bonds. The molecular weight excluding hydrogens is 408 g/mol. The number of hydrogen-bond acceptors (Lipinski definition) is 6. The lowest BCUT2D eigenvalue weighted by atomic mass is 10.0. The molecule has 1 saturated carbocycles. The summed E-state index contributed by atoms with van der Waals surface area (Å²) in [6.07, 6.45) is 3.20. The van der Waals surface area contributed by atoms with Crippen LogP contribution in [0, 0.1) is 11.6 Å². The molecule has 1 heterocycles. The maximum absolute atomic E-state index is 15.4. The van der Waals surface area contributed by atoms with Gasteiger partial charge in [-0.15, -0.1) is 0 Å². The molecule has 2 aromatic rings. The topological polar surface area (TPSA) is 103 Å². The first kappa shape index (κ1) is 22.7. The first-order chi connectivity index (χ1) is 14.4. The monoisotopic (exact) mass is 435 g/mol. The highest BCUT2D eigenvalue weighted by Crippen LogP contribution is 2.40. The van der Waals surface area contributed by atoms with Crippen molar-refractivity contribution in [1.29, 1.82) is 0 Å². The second-order valence-corrected chi connectivity index (χ2v) is 8.82. The second kappa shape index (κ2) is 8.28. The van der Waals surface area contributed by atoms with E-state index in [1.165, 1.54) is 17.7 Å². The Kier molecular flexibility index (Phi) is 6.07. The van der Waals surface area contributed by atoms with Gasteiger partial charge in [0.05, 0.1) is 22.2 Å². The van der Waals surface area contributed by atoms with E-state index >= 15 is 4.39 Å². The lowest BCUT2D eigenvalue weighted by molar-refractivity contribution is -0.154. The Labute approximate surface area is 178 Å². The van der Waals surface area contributed by atoms with Crippen LogP contribution in [0.15, 0.2) is 11.0 Å². The van der Waals surface area contributed by atoms with Crippen molar-refractivity contribution < 1.29 is 23.1 Å². The number of hydrogen-bond donors (Lipinski definition) is 2. The lowest BCUT2D eigenvalue weighted by Crippen LogP contribution is -2.24. The molecule has 0 unspecified atom stereocenters. The standard InChI is InChI=1S/C22H27F2N3O4/c1-11(28)13-10-27(12-7-8-12)20-15(21(13)30)18(25)16(23)19(17(20)24)26-9-5-6-14(29)31-22(2,3)4/h10,12,26H,5-9,25H2,1-4H3. The van der Waals surface area contributed by atoms with Crippen molar-refractivity contribution in [2.45, 2.75) is 65.0 Å². The number of pyridine rings is 1. The van der Waals surface area contributed by atoms with Gasteiger partial charge in [-0.1, -0.05) is 0 Å². The highest BCUT2D eigenvalue weighted by atomic mass is 19.1. The molecule has 0 bridgehead atoms. The predicted octanol–water partition coefficient (Wildman–Crippen LogP) is 3.93. The van der Waals surface area contributed by atoms with E-state index in [1.54, 1.807) is 20.8 Å². The summed E-state index contributed by atoms with van der Waals surface area (Å²) in [5.41, 5.74) is 3.26. The van der Waals surface area contributed by atoms with Crippen LogP contribution in [0.1, 0.15) is 69.8 Å². The van der Waals surface area contributed by atoms with E-state index in [4.69, 9.17) is 10.5 Å². The molecule has 0 saturated heterocycles. The molecule has 1 aromatic carbocycles. The van der Waals surface area contributed by atoms with Gasteiger partial charge in [-0.2, -0.15) is 0 Å². The molecule has 1 aromatic heterocycles. The number of halogens is 2. The summed E-state index contributed by atoms with van der Waals surface area (Å²) in [4.78, 5) is 36.4. The van der Waals surface area contributed by atoms with E-state index in [0.29, 0.717) is 0 Å². The quantitative estimate of drug-likeness (QED) is 0.296. The molecule has 0 atom stereocenters. The Balaban J connectivity index is 1.94. The molecule has 3 rings (SSSR count). The number of carbonyl (C=O) groups excluding carboxylic acids is 2. The fraction of sp³-hybridized carbons (Fsp3) is 0.500. The maximum Gasteiger partial charge on any atom is 0.306 e. The molecule has 0 spiro atoms. The summed E-state index contributed by atoms with van der Waals surface area (Å²) in [7, 11) is 0. The van der Waals surface area contributed by atoms with Crippen molar-refractivity contribution in [3.05, 3.63) is 33.6 Å². The summed E-state index contributed by atoms with van der Waals surface area (Å²) in [6, 6.07) is -0.0828. The Bertz CT molecular complexity index is 1110. The number of ether oxygens (including phenoxy) is 1. The van der Waals surface area contributed by atoms with Gasteiger partial charge in [-0.3, -0.25) is 14.4 Å². The molecule has 31 heavy (non-hydrogen) atoms. The molecule has 1 aliphatic rings. The van der Waals surface area contributed by atoms with Crippen LogP contribution in [0.4, 0.5) is 20.2 Å². The number of fused-ring (bicyclic) bond motifs is 1. The van der Waals surface area contributed by atoms with Crippen molar-refractivity contribution in [3.8, 4) is 0 Å². The Hall–Kier alpha value is -2.97. The number of aromatic nitrogens is 1. The van der Waals surface area contributed by atoms with Gasteiger partial charge in [-0.25, -0.2) is 8.78 Å². The van der Waals surface area contributed by atoms with Crippen LogP contribution in [-0.2, 0) is 9.53 Å². The fourth-order valence-corrected chi connectivity index (χ4v) is 3.45. The van der Waals surface area contributed by atoms with Crippen molar-refractivity contribution >= 4 is 34.0 Å². The van der Waals surface area contributed by atoms with Gasteiger partial charge in [-0.05, 0) is 47.0 Å². The Morgan fingerprint density at radius 3 is 2.45 bits per heavy atom. The zero-order valence-corrected chi connectivity index (χ0v) is 18.1. The molecule has 1 aliphatic carbocycles. The molecule has 0 aliphatic heterocycles. The number of nitrogens with one attached hydrogen (secondary N) is 1. The number of esters is 1. The average Bonchev–Trinajstić information content (AvgIpc) is 3.48. The molecule has 3 N–H and O–H groups in total. The molecular formula is C22H27F2N3O4. The highest BCUT2D eigenvalue weighted by molar-refractivity contribution is 6.01. The second-order valence-electron chi connectivity index (χ2n) is 8.82. The molecule has 0 radical (unpaired) electrons. The van der Waals surface area contributed by atoms with E-state index in [2.05, 4.69) is 5.32 Å². The van der Waals surface area contributed by atoms with Crippen LogP contribution in [0.3, 0.4) is 0 Å². The van der Waals surface area contributed by atoms with Crippen LogP contribution in [-0.4, -0.2) is 28.5 Å². The number of benzene rings is 1. The van der Waals surface area contributed by atoms with Crippen molar-refractivity contribution in [3.63, 3.8) is 0 Å². The van der Waals surface area contributed by atoms with E-state index in [1.807, 2.05) is 0 Å². The minimum Gasteiger partial charge on any atom is -0.460 e. The largest absolute Gasteiger partial charge is 0.460 e. The zero-order valence-electron chi connectivity index (χ0n) is 18.1. The predicted molar refractivity (Wildman–Crippen MR) is 114 cm³/mol. The molecule has 9 heteroatoms. The summed E-state index contributed by atoms with van der Waals surface area (Å²) in [6.45, 7) is 6.58. The minimum atomic E-state index is -1.09. The first-order valence-electron chi connectivity index (χ1n) is 10.2. The molecule has 7 nitrogen and oxygen atoms in total. The number of rotatable bonds is 7. The number of carbonyl (C=O) groups is 2. The van der Waals surface area contributed by atoms with Gasteiger partial charge in [0.2, 0.25) is 5.43 Å². The van der Waals surface area contributed by atoms with Crippen LogP contribution >= 0.6 is 0 Å². The number of anilines is 2. The Morgan fingerprint density at radius 2 is 1.90 bits per heavy atom. The average molecular weight is 435 g/mol. The summed E-state index contributed by atoms with van der Waals surface area (Å²) in [5, 5.41) is 2.33. The fourth-order valence-electron chi connectivity index (χ4n) is 3.45. The van der Waals surface area contributed by atoms with E-state index in [9.17, 15) is 18.8 Å². The van der Waals surface area contributed by atoms with E-state index < -0.39 is 45.8 Å². The summed E-state index contributed by atoms with van der Waals surface area (Å²) in [5.74, 6) is -2.95. The van der Waals surface area contributed by atoms with E-state index in [-0.39, 0.29) is 41.9 Å². The number of nitrogen functional groups attached to an aromatic ring is 1. The third-order valence-electron chi connectivity index (χ3n) is 4.99. The highest BCUT2D eigenvalue weighted by Gasteiger charge is 2.31. The lowest BCUT2D eigenvalue weighted by Gasteiger charge is -2.20. The van der Waals surface area contributed by atoms with Gasteiger partial charge in [0, 0.05) is 25.2 Å². The van der Waals surface area contributed by atoms with Gasteiger partial charge < -0.3 is 20.4 Å². The van der Waals surface area contributed by atoms with Gasteiger partial charge in [0.1, 0.15) is 11.3 Å². The minimum absolute atomic E-state index is 0.0747. The van der Waals surface area contributed by atoms with Gasteiger partial charge in [0.25, 0.3) is 0 Å². The summed E-state index contributed by atoms with van der Waals surface area (Å²) >= 11 is 0. The number of nitrogens with two attached hydrogens (primary N) is 1. The van der Waals surface area contributed by atoms with Crippen molar-refractivity contribution in [2.75, 3.05) is 17.6 Å². The normalized spacial score (nSPS) is 14.0. The third kappa shape index (κ3) is 4.70. The smallest absolute Gasteiger partial charge is 0.306 e. The number of ketones is 1. The van der Waals surface area contributed by atoms with Crippen LogP contribution in [0.2, 0.25) is 0 Å². The van der Waals surface area contributed by atoms with Crippen LogP contribution in [0.5, 0.6) is 0 Å². The number of nitrogens with zero attached hydrogens (tertiary/aromatic N) is 1. The summed E-state index contributed by atoms with van der Waals surface area (Å²) < 4.78 is 37.0. The SMILES string of the molecule is CC(=O)c1cn(C2CC2)c2c(F)c(NCCCC(=O)OC(C)(C)C)c(F)c(N)c2c1=O. The van der Waals surface area contributed by atoms with E-state index in [0.717, 1.165) is 12.8 Å². The van der Waals surface area contributed by atoms with Crippen molar-refractivity contribution in [1.82, 2.24) is 4.57 Å². The zero-order chi connectivity index (χ0) is 23.1. The first-order valence-corrected chi connectivity index (χ1v) is 10.2. The van der Waals surface area contributed by atoms with Crippen LogP contribution < -0.4 is 16.5 Å². The van der Waals surface area contributed by atoms with Gasteiger partial charge in [0.15, 0.2) is 17.4 Å². The van der Waals surface area contributed by atoms with Crippen LogP contribution in [0.25, 0.3) is 10.9 Å². The Morgan fingerprint density at radius 1 is 1.26 bits per heavy atom. The number of Topliss-reactive ketones (excluding diaryl/α,β-unsaturated/α-hetero) is 1. The maximum atomic E-state index is 15.4. The molecule has 1 fully saturated rings. The molecule has 168 valence electrons. The third-order valence-corrected chi connectivity index (χ3v) is 4.99. The van der Waals surface area contributed by atoms with Crippen molar-refractivity contribution in [2.24, 2.45) is 0 Å².